The molecule has 1 heterocycles. The summed E-state index contributed by atoms with van der Waals surface area (Å²) in [6.07, 6.45) is 1.06. The van der Waals surface area contributed by atoms with Gasteiger partial charge in [-0.1, -0.05) is 6.07 Å². The number of likely N-dealkylation sites (N-methyl/N-ethyl adjacent to an activating group) is 1. The van der Waals surface area contributed by atoms with Gasteiger partial charge in [-0.15, -0.1) is 0 Å². The average molecular weight is 325 g/mol. The highest BCUT2D eigenvalue weighted by atomic mass is 16.5. The Morgan fingerprint density at radius 2 is 1.79 bits per heavy atom. The van der Waals surface area contributed by atoms with Gasteiger partial charge in [0.15, 0.2) is 0 Å². The maximum Gasteiger partial charge on any atom is 0.323 e. The first-order valence-corrected chi connectivity index (χ1v) is 8.25. The van der Waals surface area contributed by atoms with Crippen molar-refractivity contribution >= 4 is 17.4 Å². The molecule has 0 aliphatic carbocycles. The van der Waals surface area contributed by atoms with Crippen LogP contribution in [0.2, 0.25) is 0 Å². The van der Waals surface area contributed by atoms with Gasteiger partial charge in [0, 0.05) is 24.5 Å². The molecule has 1 aliphatic rings. The minimum atomic E-state index is -0.247. The lowest BCUT2D eigenvalue weighted by Gasteiger charge is -2.25. The van der Waals surface area contributed by atoms with Crippen LogP contribution in [0.5, 0.6) is 5.75 Å². The molecular weight excluding hydrogens is 302 g/mol. The van der Waals surface area contributed by atoms with E-state index >= 15 is 0 Å². The topological polar surface area (TPSA) is 53.6 Å². The SMILES string of the molecule is CCOc1ccc(NC(=O)Nc2ccc3c(c2)CN(C)CC3)cc1. The minimum absolute atomic E-state index is 0.247. The first-order valence-electron chi connectivity index (χ1n) is 8.25. The van der Waals surface area contributed by atoms with Crippen molar-refractivity contribution in [3.8, 4) is 5.75 Å². The smallest absolute Gasteiger partial charge is 0.323 e. The zero-order chi connectivity index (χ0) is 16.9. The molecule has 1 aliphatic heterocycles. The summed E-state index contributed by atoms with van der Waals surface area (Å²) in [4.78, 5) is 14.4. The molecule has 0 bridgehead atoms. The van der Waals surface area contributed by atoms with Crippen molar-refractivity contribution in [2.75, 3.05) is 30.8 Å². The number of carbonyl (C=O) groups is 1. The molecule has 0 radical (unpaired) electrons. The number of hydrogen-bond acceptors (Lipinski definition) is 3. The molecule has 5 nitrogen and oxygen atoms in total. The van der Waals surface area contributed by atoms with Crippen LogP contribution in [0.25, 0.3) is 0 Å². The summed E-state index contributed by atoms with van der Waals surface area (Å²) in [5.74, 6) is 0.794. The molecule has 2 aromatic rings. The van der Waals surface area contributed by atoms with Crippen LogP contribution in [0.1, 0.15) is 18.1 Å². The molecule has 0 saturated carbocycles. The number of benzene rings is 2. The van der Waals surface area contributed by atoms with E-state index in [0.29, 0.717) is 6.61 Å². The maximum atomic E-state index is 12.2. The van der Waals surface area contributed by atoms with Gasteiger partial charge in [0.1, 0.15) is 5.75 Å². The van der Waals surface area contributed by atoms with Gasteiger partial charge in [0.2, 0.25) is 0 Å². The second kappa shape index (κ2) is 7.36. The molecule has 2 amide bonds. The molecule has 126 valence electrons. The van der Waals surface area contributed by atoms with Crippen LogP contribution in [0.15, 0.2) is 42.5 Å². The average Bonchev–Trinajstić information content (AvgIpc) is 2.56. The number of amides is 2. The van der Waals surface area contributed by atoms with Crippen LogP contribution < -0.4 is 15.4 Å². The summed E-state index contributed by atoms with van der Waals surface area (Å²) >= 11 is 0. The van der Waals surface area contributed by atoms with Crippen LogP contribution in [-0.4, -0.2) is 31.1 Å². The Bertz CT molecular complexity index is 713. The summed E-state index contributed by atoms with van der Waals surface area (Å²) in [5, 5.41) is 5.73. The lowest BCUT2D eigenvalue weighted by atomic mass is 9.99. The standard InChI is InChI=1S/C19H23N3O2/c1-3-24-18-8-6-16(7-9-18)20-19(23)21-17-5-4-14-10-11-22(2)13-15(14)12-17/h4-9,12H,3,10-11,13H2,1-2H3,(H2,20,21,23). The van der Waals surface area contributed by atoms with Crippen LogP contribution in [0.4, 0.5) is 16.2 Å². The number of nitrogens with one attached hydrogen (secondary N) is 2. The van der Waals surface area contributed by atoms with E-state index in [1.165, 1.54) is 11.1 Å². The number of nitrogens with zero attached hydrogens (tertiary/aromatic N) is 1. The fraction of sp³-hybridized carbons (Fsp3) is 0.316. The van der Waals surface area contributed by atoms with E-state index in [0.717, 1.165) is 36.6 Å². The molecule has 0 unspecified atom stereocenters. The Morgan fingerprint density at radius 1 is 1.08 bits per heavy atom. The summed E-state index contributed by atoms with van der Waals surface area (Å²) in [7, 11) is 2.11. The van der Waals surface area contributed by atoms with Crippen molar-refractivity contribution in [3.63, 3.8) is 0 Å². The van der Waals surface area contributed by atoms with Gasteiger partial charge in [-0.3, -0.25) is 0 Å². The number of anilines is 2. The number of ether oxygens (including phenoxy) is 1. The minimum Gasteiger partial charge on any atom is -0.494 e. The van der Waals surface area contributed by atoms with Crippen LogP contribution in [0.3, 0.4) is 0 Å². The van der Waals surface area contributed by atoms with Crippen molar-refractivity contribution in [2.24, 2.45) is 0 Å². The van der Waals surface area contributed by atoms with Gasteiger partial charge < -0.3 is 20.3 Å². The molecule has 0 fully saturated rings. The van der Waals surface area contributed by atoms with Crippen molar-refractivity contribution < 1.29 is 9.53 Å². The number of urea groups is 1. The zero-order valence-electron chi connectivity index (χ0n) is 14.1. The summed E-state index contributed by atoms with van der Waals surface area (Å²) in [6.45, 7) is 4.57. The number of carbonyl (C=O) groups excluding carboxylic acids is 1. The zero-order valence-corrected chi connectivity index (χ0v) is 14.1. The van der Waals surface area contributed by atoms with Crippen molar-refractivity contribution in [1.29, 1.82) is 0 Å². The Balaban J connectivity index is 1.61. The van der Waals surface area contributed by atoms with E-state index in [1.807, 2.05) is 37.3 Å². The first-order chi connectivity index (χ1) is 11.6. The third kappa shape index (κ3) is 4.06. The Hall–Kier alpha value is -2.53. The van der Waals surface area contributed by atoms with E-state index in [2.05, 4.69) is 34.7 Å². The van der Waals surface area contributed by atoms with Gasteiger partial charge in [-0.25, -0.2) is 4.79 Å². The van der Waals surface area contributed by atoms with Crippen molar-refractivity contribution in [2.45, 2.75) is 19.9 Å². The van der Waals surface area contributed by atoms with E-state index in [-0.39, 0.29) is 6.03 Å². The number of hydrogen-bond donors (Lipinski definition) is 2. The number of fused-ring (bicyclic) bond motifs is 1. The molecule has 5 heteroatoms. The van der Waals surface area contributed by atoms with Crippen LogP contribution in [0, 0.1) is 0 Å². The van der Waals surface area contributed by atoms with Gasteiger partial charge in [-0.05, 0) is 67.9 Å². The van der Waals surface area contributed by atoms with Gasteiger partial charge in [-0.2, -0.15) is 0 Å². The highest BCUT2D eigenvalue weighted by Crippen LogP contribution is 2.22. The van der Waals surface area contributed by atoms with Crippen LogP contribution >= 0.6 is 0 Å². The van der Waals surface area contributed by atoms with Crippen LogP contribution in [-0.2, 0) is 13.0 Å². The van der Waals surface area contributed by atoms with Gasteiger partial charge in [0.05, 0.1) is 6.61 Å². The molecule has 2 aromatic carbocycles. The molecule has 0 aromatic heterocycles. The third-order valence-electron chi connectivity index (χ3n) is 4.09. The molecular formula is C19H23N3O2. The lowest BCUT2D eigenvalue weighted by Crippen LogP contribution is -2.26. The predicted octanol–water partition coefficient (Wildman–Crippen LogP) is 3.72. The van der Waals surface area contributed by atoms with Crippen molar-refractivity contribution in [1.82, 2.24) is 4.90 Å². The second-order valence-corrected chi connectivity index (χ2v) is 6.01. The third-order valence-corrected chi connectivity index (χ3v) is 4.09. The Labute approximate surface area is 142 Å². The highest BCUT2D eigenvalue weighted by Gasteiger charge is 2.14. The van der Waals surface area contributed by atoms with E-state index in [1.54, 1.807) is 0 Å². The lowest BCUT2D eigenvalue weighted by molar-refractivity contribution is 0.262. The molecule has 0 atom stereocenters. The first kappa shape index (κ1) is 16.3. The molecule has 0 saturated heterocycles. The molecule has 2 N–H and O–H groups in total. The molecule has 0 spiro atoms. The molecule has 24 heavy (non-hydrogen) atoms. The predicted molar refractivity (Wildman–Crippen MR) is 96.7 cm³/mol. The quantitative estimate of drug-likeness (QED) is 0.901. The van der Waals surface area contributed by atoms with Gasteiger partial charge >= 0.3 is 6.03 Å². The summed E-state index contributed by atoms with van der Waals surface area (Å²) in [5.41, 5.74) is 4.19. The fourth-order valence-corrected chi connectivity index (χ4v) is 2.87. The molecule has 3 rings (SSSR count). The Morgan fingerprint density at radius 3 is 2.54 bits per heavy atom. The maximum absolute atomic E-state index is 12.2. The van der Waals surface area contributed by atoms with Crippen molar-refractivity contribution in [3.05, 3.63) is 53.6 Å². The summed E-state index contributed by atoms with van der Waals surface area (Å²) < 4.78 is 5.39. The largest absolute Gasteiger partial charge is 0.494 e. The van der Waals surface area contributed by atoms with E-state index in [4.69, 9.17) is 4.74 Å². The highest BCUT2D eigenvalue weighted by molar-refractivity contribution is 5.99. The second-order valence-electron chi connectivity index (χ2n) is 6.01. The Kier molecular flexibility index (Phi) is 5.01. The van der Waals surface area contributed by atoms with E-state index < -0.39 is 0 Å². The van der Waals surface area contributed by atoms with Gasteiger partial charge in [0.25, 0.3) is 0 Å². The summed E-state index contributed by atoms with van der Waals surface area (Å²) in [6, 6.07) is 13.2. The monoisotopic (exact) mass is 325 g/mol. The normalized spacial score (nSPS) is 13.9. The number of rotatable bonds is 4. The van der Waals surface area contributed by atoms with E-state index in [9.17, 15) is 4.79 Å². The fourth-order valence-electron chi connectivity index (χ4n) is 2.87.